The Hall–Kier alpha value is -4.84. The van der Waals surface area contributed by atoms with Gasteiger partial charge in [0.05, 0.1) is 22.3 Å². The third-order valence-corrected chi connectivity index (χ3v) is 11.7. The lowest BCUT2D eigenvalue weighted by atomic mass is 9.72. The summed E-state index contributed by atoms with van der Waals surface area (Å²) in [6, 6.07) is 23.3. The molecule has 52 heavy (non-hydrogen) atoms. The van der Waals surface area contributed by atoms with Crippen molar-refractivity contribution in [1.29, 1.82) is 0 Å². The Morgan fingerprint density at radius 2 is 1.77 bits per heavy atom. The van der Waals surface area contributed by atoms with Gasteiger partial charge >= 0.3 is 0 Å². The number of benzene rings is 4. The van der Waals surface area contributed by atoms with Gasteiger partial charge in [-0.15, -0.1) is 0 Å². The van der Waals surface area contributed by atoms with E-state index in [1.54, 1.807) is 31.5 Å². The summed E-state index contributed by atoms with van der Waals surface area (Å²) in [5.41, 5.74) is 13.7. The van der Waals surface area contributed by atoms with Crippen LogP contribution in [0.15, 0.2) is 95.7 Å². The topological polar surface area (TPSA) is 134 Å². The summed E-state index contributed by atoms with van der Waals surface area (Å²) in [6.07, 6.45) is 4.85. The number of nitrogens with one attached hydrogen (secondary N) is 2. The average molecular weight is 739 g/mol. The summed E-state index contributed by atoms with van der Waals surface area (Å²) in [7, 11) is -4.20. The number of halogens is 1. The van der Waals surface area contributed by atoms with Crippen molar-refractivity contribution in [3.63, 3.8) is 0 Å². The van der Waals surface area contributed by atoms with Gasteiger partial charge in [0, 0.05) is 55.2 Å². The number of nitrogen functional groups attached to an aromatic ring is 1. The van der Waals surface area contributed by atoms with Crippen molar-refractivity contribution in [2.24, 2.45) is 5.41 Å². The van der Waals surface area contributed by atoms with Crippen LogP contribution in [0, 0.1) is 12.3 Å². The number of nitrogens with two attached hydrogens (primary N) is 1. The molecule has 5 aromatic rings. The van der Waals surface area contributed by atoms with E-state index in [0.29, 0.717) is 22.5 Å². The highest BCUT2D eigenvalue weighted by Crippen LogP contribution is 2.43. The minimum absolute atomic E-state index is 0.0567. The monoisotopic (exact) mass is 738 g/mol. The first kappa shape index (κ1) is 35.6. The van der Waals surface area contributed by atoms with Gasteiger partial charge in [0.1, 0.15) is 11.3 Å². The van der Waals surface area contributed by atoms with Gasteiger partial charge in [-0.3, -0.25) is 9.69 Å². The third kappa shape index (κ3) is 7.67. The number of H-pyrrole nitrogens is 1. The largest absolute Gasteiger partial charge is 0.454 e. The summed E-state index contributed by atoms with van der Waals surface area (Å²) in [5, 5.41) is 0.746. The molecule has 1 aliphatic heterocycles. The van der Waals surface area contributed by atoms with Crippen LogP contribution in [0.2, 0.25) is 5.02 Å². The molecule has 0 spiro atoms. The van der Waals surface area contributed by atoms with Crippen LogP contribution in [0.3, 0.4) is 0 Å². The average Bonchev–Trinajstić information content (AvgIpc) is 3.61. The molecule has 1 aliphatic carbocycles. The predicted octanol–water partition coefficient (Wildman–Crippen LogP) is 7.80. The number of aromatic nitrogens is 2. The number of ether oxygens (including phenoxy) is 1. The number of aryl methyl sites for hydroxylation is 1. The standard InChI is InChI=1S/C40H43ClN6O4S/c1-26-21-31(12-14-34(26)42)52(49,50)45-39(48)32-13-11-30(22-37(32)51-36-6-4-5-35-38(36)44-25-43-35)47-19-17-46(18-20-47)24-28-15-16-40(2,3)23-33(28)27-7-9-29(41)10-8-27/h4-14,21-22,25H,15-20,23-24,42H2,1-3H3,(H,43,44)(H,45,48). The van der Waals surface area contributed by atoms with E-state index in [2.05, 4.69) is 50.5 Å². The number of para-hydroxylation sites is 1. The maximum Gasteiger partial charge on any atom is 0.268 e. The maximum absolute atomic E-state index is 13.7. The molecule has 12 heteroatoms. The van der Waals surface area contributed by atoms with E-state index in [1.807, 2.05) is 30.3 Å². The molecule has 0 radical (unpaired) electrons. The second kappa shape index (κ2) is 14.3. The zero-order valence-electron chi connectivity index (χ0n) is 29.6. The van der Waals surface area contributed by atoms with E-state index >= 15 is 0 Å². The quantitative estimate of drug-likeness (QED) is 0.131. The normalized spacial score (nSPS) is 16.7. The number of carbonyl (C=O) groups excluding carboxylic acids is 1. The number of carbonyl (C=O) groups is 1. The summed E-state index contributed by atoms with van der Waals surface area (Å²) in [4.78, 5) is 25.9. The molecular weight excluding hydrogens is 696 g/mol. The highest BCUT2D eigenvalue weighted by molar-refractivity contribution is 7.90. The maximum atomic E-state index is 13.7. The molecule has 4 aromatic carbocycles. The molecule has 4 N–H and O–H groups in total. The van der Waals surface area contributed by atoms with Crippen molar-refractivity contribution < 1.29 is 17.9 Å². The molecule has 0 saturated carbocycles. The third-order valence-electron chi connectivity index (χ3n) is 10.2. The number of piperazine rings is 1. The summed E-state index contributed by atoms with van der Waals surface area (Å²) >= 11 is 6.22. The number of aromatic amines is 1. The van der Waals surface area contributed by atoms with Crippen LogP contribution in [0.25, 0.3) is 16.6 Å². The van der Waals surface area contributed by atoms with Crippen LogP contribution < -0.4 is 20.1 Å². The van der Waals surface area contributed by atoms with Crippen molar-refractivity contribution >= 4 is 55.5 Å². The van der Waals surface area contributed by atoms with Crippen molar-refractivity contribution in [1.82, 2.24) is 19.6 Å². The van der Waals surface area contributed by atoms with Gasteiger partial charge < -0.3 is 20.4 Å². The molecule has 10 nitrogen and oxygen atoms in total. The fourth-order valence-electron chi connectivity index (χ4n) is 7.07. The second-order valence-electron chi connectivity index (χ2n) is 14.5. The first-order chi connectivity index (χ1) is 24.8. The van der Waals surface area contributed by atoms with E-state index in [0.717, 1.165) is 68.2 Å². The molecule has 0 bridgehead atoms. The lowest BCUT2D eigenvalue weighted by Crippen LogP contribution is -2.47. The Morgan fingerprint density at radius 1 is 1.00 bits per heavy atom. The molecule has 270 valence electrons. The number of allylic oxidation sites excluding steroid dienone is 1. The number of sulfonamides is 1. The zero-order valence-corrected chi connectivity index (χ0v) is 31.2. The number of anilines is 2. The Balaban J connectivity index is 1.12. The van der Waals surface area contributed by atoms with Crippen LogP contribution in [-0.4, -0.2) is 61.9 Å². The number of rotatable bonds is 9. The predicted molar refractivity (Wildman–Crippen MR) is 208 cm³/mol. The molecule has 2 heterocycles. The Kier molecular flexibility index (Phi) is 9.77. The summed E-state index contributed by atoms with van der Waals surface area (Å²) < 4.78 is 35.2. The summed E-state index contributed by atoms with van der Waals surface area (Å²) in [6.45, 7) is 10.6. The number of hydrogen-bond donors (Lipinski definition) is 3. The van der Waals surface area contributed by atoms with Crippen LogP contribution in [-0.2, 0) is 10.0 Å². The second-order valence-corrected chi connectivity index (χ2v) is 16.6. The number of amides is 1. The fourth-order valence-corrected chi connectivity index (χ4v) is 8.25. The van der Waals surface area contributed by atoms with E-state index < -0.39 is 15.9 Å². The lowest BCUT2D eigenvalue weighted by Gasteiger charge is -2.39. The van der Waals surface area contributed by atoms with Crippen molar-refractivity contribution in [3.8, 4) is 11.5 Å². The van der Waals surface area contributed by atoms with Gasteiger partial charge in [-0.05, 0) is 103 Å². The molecule has 1 saturated heterocycles. The number of nitrogens with zero attached hydrogens (tertiary/aromatic N) is 3. The first-order valence-electron chi connectivity index (χ1n) is 17.5. The fraction of sp³-hybridized carbons (Fsp3) is 0.300. The molecule has 1 fully saturated rings. The number of imidazole rings is 1. The van der Waals surface area contributed by atoms with Crippen LogP contribution >= 0.6 is 11.6 Å². The van der Waals surface area contributed by atoms with E-state index in [-0.39, 0.29) is 21.6 Å². The van der Waals surface area contributed by atoms with E-state index in [9.17, 15) is 13.2 Å². The van der Waals surface area contributed by atoms with Gasteiger partial charge in [0.25, 0.3) is 15.9 Å². The Bertz CT molecular complexity index is 2280. The summed E-state index contributed by atoms with van der Waals surface area (Å²) in [5.74, 6) is -0.151. The van der Waals surface area contributed by atoms with Crippen LogP contribution in [0.5, 0.6) is 11.5 Å². The zero-order chi connectivity index (χ0) is 36.6. The van der Waals surface area contributed by atoms with E-state index in [4.69, 9.17) is 22.1 Å². The van der Waals surface area contributed by atoms with Gasteiger partial charge in [-0.2, -0.15) is 0 Å². The molecule has 0 unspecified atom stereocenters. The molecule has 1 aromatic heterocycles. The minimum atomic E-state index is -4.20. The van der Waals surface area contributed by atoms with Gasteiger partial charge in [0.15, 0.2) is 5.75 Å². The van der Waals surface area contributed by atoms with Crippen molar-refractivity contribution in [2.75, 3.05) is 43.4 Å². The molecule has 2 aliphatic rings. The molecule has 0 atom stereocenters. The molecular formula is C40H43ClN6O4S. The Morgan fingerprint density at radius 3 is 2.52 bits per heavy atom. The number of hydrogen-bond acceptors (Lipinski definition) is 8. The SMILES string of the molecule is Cc1cc(S(=O)(=O)NC(=O)c2ccc(N3CCN(CC4=C(c5ccc(Cl)cc5)CC(C)(C)CC4)CC3)cc2Oc2cccc3[nH]cnc23)ccc1N. The van der Waals surface area contributed by atoms with E-state index in [1.165, 1.54) is 34.9 Å². The number of fused-ring (bicyclic) bond motifs is 1. The highest BCUT2D eigenvalue weighted by Gasteiger charge is 2.30. The van der Waals surface area contributed by atoms with Crippen molar-refractivity contribution in [3.05, 3.63) is 112 Å². The Labute approximate surface area is 309 Å². The van der Waals surface area contributed by atoms with Crippen molar-refractivity contribution in [2.45, 2.75) is 44.9 Å². The molecule has 1 amide bonds. The van der Waals surface area contributed by atoms with Gasteiger partial charge in [-0.1, -0.05) is 49.2 Å². The van der Waals surface area contributed by atoms with Crippen LogP contribution in [0.4, 0.5) is 11.4 Å². The smallest absolute Gasteiger partial charge is 0.268 e. The molecule has 7 rings (SSSR count). The van der Waals surface area contributed by atoms with Gasteiger partial charge in [-0.25, -0.2) is 18.1 Å². The minimum Gasteiger partial charge on any atom is -0.454 e. The lowest BCUT2D eigenvalue weighted by molar-refractivity contribution is 0.0979. The van der Waals surface area contributed by atoms with Crippen LogP contribution in [0.1, 0.15) is 54.6 Å². The van der Waals surface area contributed by atoms with Gasteiger partial charge in [0.2, 0.25) is 0 Å². The highest BCUT2D eigenvalue weighted by atomic mass is 35.5. The first-order valence-corrected chi connectivity index (χ1v) is 19.3.